The third-order valence-electron chi connectivity index (χ3n) is 6.30. The first-order valence-corrected chi connectivity index (χ1v) is 12.9. The van der Waals surface area contributed by atoms with Gasteiger partial charge in [-0.3, -0.25) is 4.79 Å². The first-order chi connectivity index (χ1) is 17.6. The number of carbonyl (C=O) groups is 2. The van der Waals surface area contributed by atoms with Crippen LogP contribution in [0.5, 0.6) is 0 Å². The van der Waals surface area contributed by atoms with Crippen molar-refractivity contribution in [3.63, 3.8) is 0 Å². The van der Waals surface area contributed by atoms with Gasteiger partial charge in [-0.15, -0.1) is 0 Å². The van der Waals surface area contributed by atoms with Gasteiger partial charge in [0.1, 0.15) is 11.9 Å². The van der Waals surface area contributed by atoms with Crippen LogP contribution in [0.4, 0.5) is 4.79 Å². The molecule has 0 saturated carbocycles. The highest BCUT2D eigenvalue weighted by atomic mass is 35.5. The van der Waals surface area contributed by atoms with Crippen LogP contribution in [0, 0.1) is 0 Å². The second kappa shape index (κ2) is 11.3. The standard InChI is InChI=1S/C29H33ClN4O3/c1-19-5-14-24-25(19)26(33-18-32-24)21-8-10-22(11-9-21)27(35)34(17-20-6-12-23(30)13-7-20)16-15-31-28(36)37-29(2,3)4/h6-13,18-19H,5,14-17H2,1-4H3,(H,31,36)/t19-/m1/s1. The maximum Gasteiger partial charge on any atom is 0.407 e. The quantitative estimate of drug-likeness (QED) is 0.412. The number of nitrogens with zero attached hydrogens (tertiary/aromatic N) is 3. The SMILES string of the molecule is C[C@@H]1CCc2ncnc(-c3ccc(C(=O)N(CCNC(=O)OC(C)(C)C)Cc4ccc(Cl)cc4)cc3)c21. The molecule has 0 aliphatic heterocycles. The summed E-state index contributed by atoms with van der Waals surface area (Å²) in [7, 11) is 0. The number of benzene rings is 2. The average molecular weight is 521 g/mol. The van der Waals surface area contributed by atoms with Crippen LogP contribution in [0.1, 0.15) is 67.2 Å². The Morgan fingerprint density at radius 3 is 2.46 bits per heavy atom. The fourth-order valence-electron chi connectivity index (χ4n) is 4.50. The molecule has 1 heterocycles. The zero-order valence-corrected chi connectivity index (χ0v) is 22.5. The number of nitrogens with one attached hydrogen (secondary N) is 1. The molecule has 3 aromatic rings. The summed E-state index contributed by atoms with van der Waals surface area (Å²) in [4.78, 5) is 36.3. The molecule has 2 amide bonds. The molecule has 1 N–H and O–H groups in total. The Morgan fingerprint density at radius 1 is 1.08 bits per heavy atom. The second-order valence-electron chi connectivity index (χ2n) is 10.4. The number of hydrogen-bond acceptors (Lipinski definition) is 5. The normalized spacial score (nSPS) is 14.7. The molecule has 0 spiro atoms. The van der Waals surface area contributed by atoms with Crippen LogP contribution in [0.15, 0.2) is 54.9 Å². The van der Waals surface area contributed by atoms with Crippen LogP contribution < -0.4 is 5.32 Å². The van der Waals surface area contributed by atoms with Crippen LogP contribution in [0.2, 0.25) is 5.02 Å². The zero-order valence-electron chi connectivity index (χ0n) is 21.8. The molecular weight excluding hydrogens is 488 g/mol. The number of rotatable bonds is 7. The highest BCUT2D eigenvalue weighted by Crippen LogP contribution is 2.37. The summed E-state index contributed by atoms with van der Waals surface area (Å²) in [6, 6.07) is 14.9. The second-order valence-corrected chi connectivity index (χ2v) is 10.8. The summed E-state index contributed by atoms with van der Waals surface area (Å²) in [6.07, 6.45) is 3.16. The van der Waals surface area contributed by atoms with Crippen LogP contribution in [0.25, 0.3) is 11.3 Å². The van der Waals surface area contributed by atoms with Gasteiger partial charge in [-0.05, 0) is 69.4 Å². The van der Waals surface area contributed by atoms with Crippen molar-refractivity contribution < 1.29 is 14.3 Å². The van der Waals surface area contributed by atoms with Gasteiger partial charge in [0.05, 0.1) is 5.69 Å². The highest BCUT2D eigenvalue weighted by molar-refractivity contribution is 6.30. The number of aromatic nitrogens is 2. The van der Waals surface area contributed by atoms with E-state index in [0.29, 0.717) is 29.6 Å². The van der Waals surface area contributed by atoms with Gasteiger partial charge >= 0.3 is 6.09 Å². The van der Waals surface area contributed by atoms with Gasteiger partial charge in [0.15, 0.2) is 0 Å². The van der Waals surface area contributed by atoms with Crippen LogP contribution in [-0.2, 0) is 17.7 Å². The maximum atomic E-state index is 13.5. The molecule has 2 aromatic carbocycles. The smallest absolute Gasteiger partial charge is 0.407 e. The topological polar surface area (TPSA) is 84.4 Å². The number of halogens is 1. The zero-order chi connectivity index (χ0) is 26.6. The van der Waals surface area contributed by atoms with Crippen LogP contribution in [-0.4, -0.2) is 45.6 Å². The molecule has 8 heteroatoms. The van der Waals surface area contributed by atoms with Gasteiger partial charge in [0.2, 0.25) is 0 Å². The predicted octanol–water partition coefficient (Wildman–Crippen LogP) is 6.01. The molecule has 7 nitrogen and oxygen atoms in total. The van der Waals surface area contributed by atoms with Crippen LogP contribution in [0.3, 0.4) is 0 Å². The van der Waals surface area contributed by atoms with Crippen molar-refractivity contribution in [3.05, 3.63) is 82.3 Å². The Balaban J connectivity index is 1.50. The lowest BCUT2D eigenvalue weighted by atomic mass is 9.98. The summed E-state index contributed by atoms with van der Waals surface area (Å²) in [5, 5.41) is 3.37. The summed E-state index contributed by atoms with van der Waals surface area (Å²) in [6.45, 7) is 8.59. The van der Waals surface area contributed by atoms with Crippen molar-refractivity contribution in [2.24, 2.45) is 0 Å². The van der Waals surface area contributed by atoms with E-state index >= 15 is 0 Å². The van der Waals surface area contributed by atoms with Crippen molar-refractivity contribution in [3.8, 4) is 11.3 Å². The molecule has 194 valence electrons. The lowest BCUT2D eigenvalue weighted by Crippen LogP contribution is -2.40. The lowest BCUT2D eigenvalue weighted by molar-refractivity contribution is 0.0512. The Kier molecular flexibility index (Phi) is 8.13. The van der Waals surface area contributed by atoms with Gasteiger partial charge < -0.3 is 15.0 Å². The van der Waals surface area contributed by atoms with Gasteiger partial charge in [-0.2, -0.15) is 0 Å². The van der Waals surface area contributed by atoms with E-state index in [9.17, 15) is 9.59 Å². The number of aryl methyl sites for hydroxylation is 1. The number of hydrogen-bond donors (Lipinski definition) is 1. The van der Waals surface area contributed by atoms with Gasteiger partial charge in [0, 0.05) is 47.0 Å². The molecule has 1 atom stereocenters. The summed E-state index contributed by atoms with van der Waals surface area (Å²) in [5.74, 6) is 0.286. The number of carbonyl (C=O) groups excluding carboxylic acids is 2. The first-order valence-electron chi connectivity index (χ1n) is 12.6. The summed E-state index contributed by atoms with van der Waals surface area (Å²) in [5.41, 5.74) is 5.15. The molecule has 0 bridgehead atoms. The maximum absolute atomic E-state index is 13.5. The van der Waals surface area contributed by atoms with Gasteiger partial charge in [0.25, 0.3) is 5.91 Å². The Morgan fingerprint density at radius 2 is 1.78 bits per heavy atom. The van der Waals surface area contributed by atoms with E-state index in [0.717, 1.165) is 35.4 Å². The van der Waals surface area contributed by atoms with E-state index in [1.54, 1.807) is 23.4 Å². The highest BCUT2D eigenvalue weighted by Gasteiger charge is 2.25. The van der Waals surface area contributed by atoms with Gasteiger partial charge in [-0.1, -0.05) is 42.8 Å². The first kappa shape index (κ1) is 26.6. The minimum absolute atomic E-state index is 0.131. The van der Waals surface area contributed by atoms with E-state index in [-0.39, 0.29) is 12.5 Å². The number of fused-ring (bicyclic) bond motifs is 1. The largest absolute Gasteiger partial charge is 0.444 e. The Bertz CT molecular complexity index is 1250. The molecule has 0 unspecified atom stereocenters. The van der Waals surface area contributed by atoms with E-state index in [1.807, 2.05) is 57.2 Å². The van der Waals surface area contributed by atoms with Crippen molar-refractivity contribution in [1.29, 1.82) is 0 Å². The molecule has 1 aliphatic rings. The molecule has 0 radical (unpaired) electrons. The molecule has 0 saturated heterocycles. The van der Waals surface area contributed by atoms with E-state index in [4.69, 9.17) is 16.3 Å². The minimum atomic E-state index is -0.591. The van der Waals surface area contributed by atoms with Gasteiger partial charge in [-0.25, -0.2) is 14.8 Å². The molecule has 0 fully saturated rings. The third-order valence-corrected chi connectivity index (χ3v) is 6.55. The van der Waals surface area contributed by atoms with Crippen molar-refractivity contribution in [1.82, 2.24) is 20.2 Å². The Hall–Kier alpha value is -3.45. The fraction of sp³-hybridized carbons (Fsp3) is 0.379. The van der Waals surface area contributed by atoms with E-state index < -0.39 is 11.7 Å². The minimum Gasteiger partial charge on any atom is -0.444 e. The van der Waals surface area contributed by atoms with Crippen molar-refractivity contribution in [2.45, 2.75) is 58.6 Å². The summed E-state index contributed by atoms with van der Waals surface area (Å²) >= 11 is 6.04. The van der Waals surface area contributed by atoms with E-state index in [2.05, 4.69) is 22.2 Å². The molecule has 4 rings (SSSR count). The summed E-state index contributed by atoms with van der Waals surface area (Å²) < 4.78 is 5.31. The third kappa shape index (κ3) is 6.86. The monoisotopic (exact) mass is 520 g/mol. The number of alkyl carbamates (subject to hydrolysis) is 1. The lowest BCUT2D eigenvalue weighted by Gasteiger charge is -2.24. The Labute approximate surface area is 223 Å². The molecule has 1 aliphatic carbocycles. The molecular formula is C29H33ClN4O3. The fourth-order valence-corrected chi connectivity index (χ4v) is 4.63. The predicted molar refractivity (Wildman–Crippen MR) is 145 cm³/mol. The molecule has 37 heavy (non-hydrogen) atoms. The molecule has 1 aromatic heterocycles. The average Bonchev–Trinajstić information content (AvgIpc) is 3.24. The van der Waals surface area contributed by atoms with Crippen LogP contribution >= 0.6 is 11.6 Å². The number of amides is 2. The van der Waals surface area contributed by atoms with Crippen molar-refractivity contribution in [2.75, 3.05) is 13.1 Å². The number of ether oxygens (including phenoxy) is 1. The van der Waals surface area contributed by atoms with Crippen molar-refractivity contribution >= 4 is 23.6 Å². The van der Waals surface area contributed by atoms with E-state index in [1.165, 1.54) is 5.56 Å².